The Hall–Kier alpha value is -1.67. The molecule has 4 rings (SSSR count). The van der Waals surface area contributed by atoms with Gasteiger partial charge in [-0.15, -0.1) is 36.2 Å². The number of carbonyl (C=O) groups is 1. The van der Waals surface area contributed by atoms with Crippen molar-refractivity contribution in [3.8, 4) is 10.6 Å². The SMILES string of the molecule is Cc1nn(C)c2nc(-c3cccs3)cc(C(=O)NCC3(C)CCNCC3)c12.Cl.Cl. The number of hydrogen-bond donors (Lipinski definition) is 2. The third kappa shape index (κ3) is 4.74. The molecule has 29 heavy (non-hydrogen) atoms. The molecule has 1 saturated heterocycles. The smallest absolute Gasteiger partial charge is 0.252 e. The second-order valence-corrected chi connectivity index (χ2v) is 8.63. The maximum Gasteiger partial charge on any atom is 0.252 e. The van der Waals surface area contributed by atoms with Crippen molar-refractivity contribution in [1.29, 1.82) is 0 Å². The lowest BCUT2D eigenvalue weighted by Gasteiger charge is -2.34. The number of aromatic nitrogens is 3. The van der Waals surface area contributed by atoms with E-state index in [4.69, 9.17) is 4.98 Å². The summed E-state index contributed by atoms with van der Waals surface area (Å²) in [5.74, 6) is -0.0453. The minimum Gasteiger partial charge on any atom is -0.351 e. The summed E-state index contributed by atoms with van der Waals surface area (Å²) in [6.45, 7) is 6.89. The fourth-order valence-electron chi connectivity index (χ4n) is 3.77. The van der Waals surface area contributed by atoms with Crippen LogP contribution in [0, 0.1) is 12.3 Å². The maximum absolute atomic E-state index is 13.1. The van der Waals surface area contributed by atoms with E-state index in [2.05, 4.69) is 22.7 Å². The largest absolute Gasteiger partial charge is 0.351 e. The van der Waals surface area contributed by atoms with E-state index >= 15 is 0 Å². The molecule has 3 aromatic rings. The van der Waals surface area contributed by atoms with E-state index in [0.29, 0.717) is 12.1 Å². The fraction of sp³-hybridized carbons (Fsp3) is 0.450. The molecule has 0 spiro atoms. The van der Waals surface area contributed by atoms with Crippen molar-refractivity contribution in [2.75, 3.05) is 19.6 Å². The molecular weight excluding hydrogens is 429 g/mol. The van der Waals surface area contributed by atoms with Crippen molar-refractivity contribution >= 4 is 53.1 Å². The number of carbonyl (C=O) groups excluding carboxylic acids is 1. The molecule has 1 fully saturated rings. The maximum atomic E-state index is 13.1. The Labute approximate surface area is 187 Å². The van der Waals surface area contributed by atoms with Crippen LogP contribution in [0.2, 0.25) is 0 Å². The Kier molecular flexibility index (Phi) is 7.67. The minimum absolute atomic E-state index is 0. The van der Waals surface area contributed by atoms with Crippen LogP contribution in [0.5, 0.6) is 0 Å². The zero-order chi connectivity index (χ0) is 19.0. The van der Waals surface area contributed by atoms with Gasteiger partial charge in [0.25, 0.3) is 5.91 Å². The van der Waals surface area contributed by atoms with Gasteiger partial charge in [-0.3, -0.25) is 9.48 Å². The van der Waals surface area contributed by atoms with Crippen molar-refractivity contribution in [3.05, 3.63) is 34.8 Å². The van der Waals surface area contributed by atoms with Gasteiger partial charge in [0.1, 0.15) is 0 Å². The van der Waals surface area contributed by atoms with Gasteiger partial charge < -0.3 is 10.6 Å². The van der Waals surface area contributed by atoms with Crippen LogP contribution < -0.4 is 10.6 Å². The summed E-state index contributed by atoms with van der Waals surface area (Å²) in [7, 11) is 1.87. The summed E-state index contributed by atoms with van der Waals surface area (Å²) in [5.41, 5.74) is 3.20. The molecule has 0 aromatic carbocycles. The molecule has 0 radical (unpaired) electrons. The van der Waals surface area contributed by atoms with Crippen molar-refractivity contribution in [2.45, 2.75) is 26.7 Å². The standard InChI is InChI=1S/C20H25N5OS.2ClH/c1-13-17-14(19(26)22-12-20(2)6-8-21-9-7-20)11-15(16-5-4-10-27-16)23-18(17)25(3)24-13;;/h4-5,10-11,21H,6-9,12H2,1-3H3,(H,22,26);2*1H. The first-order valence-corrected chi connectivity index (χ1v) is 10.2. The van der Waals surface area contributed by atoms with E-state index in [1.165, 1.54) is 0 Å². The zero-order valence-electron chi connectivity index (χ0n) is 16.8. The number of pyridine rings is 1. The zero-order valence-corrected chi connectivity index (χ0v) is 19.3. The van der Waals surface area contributed by atoms with Crippen LogP contribution in [0.1, 0.15) is 35.8 Å². The van der Waals surface area contributed by atoms with Crippen molar-refractivity contribution < 1.29 is 4.79 Å². The monoisotopic (exact) mass is 455 g/mol. The van der Waals surface area contributed by atoms with Gasteiger partial charge in [0.15, 0.2) is 5.65 Å². The van der Waals surface area contributed by atoms with Gasteiger partial charge in [-0.25, -0.2) is 4.98 Å². The summed E-state index contributed by atoms with van der Waals surface area (Å²) in [6.07, 6.45) is 2.15. The van der Waals surface area contributed by atoms with Gasteiger partial charge >= 0.3 is 0 Å². The molecule has 0 bridgehead atoms. The van der Waals surface area contributed by atoms with Crippen molar-refractivity contribution in [3.63, 3.8) is 0 Å². The Bertz CT molecular complexity index is 981. The number of halogens is 2. The fourth-order valence-corrected chi connectivity index (χ4v) is 4.46. The molecule has 2 N–H and O–H groups in total. The number of fused-ring (bicyclic) bond motifs is 1. The minimum atomic E-state index is -0.0453. The van der Waals surface area contributed by atoms with E-state index in [1.54, 1.807) is 16.0 Å². The van der Waals surface area contributed by atoms with Crippen LogP contribution in [0.15, 0.2) is 23.6 Å². The Balaban J connectivity index is 0.00000150. The number of thiophene rings is 1. The van der Waals surface area contributed by atoms with Gasteiger partial charge in [-0.05, 0) is 55.8 Å². The van der Waals surface area contributed by atoms with Crippen molar-refractivity contribution in [1.82, 2.24) is 25.4 Å². The number of nitrogens with zero attached hydrogens (tertiary/aromatic N) is 3. The van der Waals surface area contributed by atoms with Crippen LogP contribution >= 0.6 is 36.2 Å². The first kappa shape index (κ1) is 23.6. The summed E-state index contributed by atoms with van der Waals surface area (Å²) in [4.78, 5) is 19.0. The number of hydrogen-bond acceptors (Lipinski definition) is 5. The highest BCUT2D eigenvalue weighted by Crippen LogP contribution is 2.30. The van der Waals surface area contributed by atoms with E-state index < -0.39 is 0 Å². The summed E-state index contributed by atoms with van der Waals surface area (Å²) < 4.78 is 1.76. The third-order valence-electron chi connectivity index (χ3n) is 5.47. The second kappa shape index (κ2) is 9.43. The number of aryl methyl sites for hydroxylation is 2. The Morgan fingerprint density at radius 1 is 1.34 bits per heavy atom. The molecule has 1 amide bonds. The summed E-state index contributed by atoms with van der Waals surface area (Å²) in [5, 5.41) is 13.9. The summed E-state index contributed by atoms with van der Waals surface area (Å²) in [6, 6.07) is 5.93. The van der Waals surface area contributed by atoms with Gasteiger partial charge in [0.2, 0.25) is 0 Å². The topological polar surface area (TPSA) is 71.8 Å². The van der Waals surface area contributed by atoms with Crippen LogP contribution in [0.3, 0.4) is 0 Å². The van der Waals surface area contributed by atoms with Gasteiger partial charge in [-0.2, -0.15) is 5.10 Å². The second-order valence-electron chi connectivity index (χ2n) is 7.68. The lowest BCUT2D eigenvalue weighted by molar-refractivity contribution is 0.0924. The normalized spacial score (nSPS) is 15.4. The highest BCUT2D eigenvalue weighted by Gasteiger charge is 2.28. The number of rotatable bonds is 4. The first-order valence-electron chi connectivity index (χ1n) is 9.34. The molecule has 0 atom stereocenters. The molecule has 6 nitrogen and oxygen atoms in total. The lowest BCUT2D eigenvalue weighted by Crippen LogP contribution is -2.42. The molecule has 9 heteroatoms. The van der Waals surface area contributed by atoms with E-state index in [1.807, 2.05) is 37.6 Å². The molecular formula is C20H27Cl2N5OS. The third-order valence-corrected chi connectivity index (χ3v) is 6.37. The number of piperidine rings is 1. The molecule has 4 heterocycles. The molecule has 0 saturated carbocycles. The molecule has 1 aliphatic heterocycles. The number of amides is 1. The first-order chi connectivity index (χ1) is 13.0. The van der Waals surface area contributed by atoms with E-state index in [0.717, 1.165) is 53.2 Å². The predicted molar refractivity (Wildman–Crippen MR) is 124 cm³/mol. The highest BCUT2D eigenvalue weighted by molar-refractivity contribution is 7.13. The van der Waals surface area contributed by atoms with Gasteiger partial charge in [-0.1, -0.05) is 13.0 Å². The Morgan fingerprint density at radius 3 is 2.72 bits per heavy atom. The van der Waals surface area contributed by atoms with Crippen LogP contribution in [-0.2, 0) is 7.05 Å². The quantitative estimate of drug-likeness (QED) is 0.623. The average Bonchev–Trinajstić information content (AvgIpc) is 3.29. The molecule has 1 aliphatic rings. The lowest BCUT2D eigenvalue weighted by atomic mass is 9.81. The molecule has 0 unspecified atom stereocenters. The molecule has 3 aromatic heterocycles. The predicted octanol–water partition coefficient (Wildman–Crippen LogP) is 3.97. The molecule has 0 aliphatic carbocycles. The Morgan fingerprint density at radius 2 is 2.07 bits per heavy atom. The summed E-state index contributed by atoms with van der Waals surface area (Å²) >= 11 is 1.62. The van der Waals surface area contributed by atoms with Gasteiger partial charge in [0, 0.05) is 13.6 Å². The van der Waals surface area contributed by atoms with Crippen LogP contribution in [-0.4, -0.2) is 40.3 Å². The van der Waals surface area contributed by atoms with E-state index in [9.17, 15) is 4.79 Å². The van der Waals surface area contributed by atoms with E-state index in [-0.39, 0.29) is 36.1 Å². The average molecular weight is 456 g/mol. The van der Waals surface area contributed by atoms with Gasteiger partial charge in [0.05, 0.1) is 27.2 Å². The highest BCUT2D eigenvalue weighted by atomic mass is 35.5. The molecule has 158 valence electrons. The number of nitrogens with one attached hydrogen (secondary N) is 2. The van der Waals surface area contributed by atoms with Crippen LogP contribution in [0.25, 0.3) is 21.6 Å². The van der Waals surface area contributed by atoms with Crippen LogP contribution in [0.4, 0.5) is 0 Å². The van der Waals surface area contributed by atoms with Crippen molar-refractivity contribution in [2.24, 2.45) is 12.5 Å².